The summed E-state index contributed by atoms with van der Waals surface area (Å²) in [5.74, 6) is -1.92. The third kappa shape index (κ3) is 12.4. The molecule has 0 saturated heterocycles. The van der Waals surface area contributed by atoms with Gasteiger partial charge in [0.25, 0.3) is 0 Å². The molecule has 0 aromatic heterocycles. The minimum Gasteiger partial charge on any atom is -0.480 e. The van der Waals surface area contributed by atoms with Crippen molar-refractivity contribution in [3.63, 3.8) is 0 Å². The Morgan fingerprint density at radius 3 is 1.00 bits per heavy atom. The number of carboxylic acid groups (broad SMARTS) is 2. The Morgan fingerprint density at radius 2 is 0.763 bits per heavy atom. The normalized spacial score (nSPS) is 14.6. The van der Waals surface area contributed by atoms with Crippen LogP contribution in [-0.2, 0) is 19.1 Å². The van der Waals surface area contributed by atoms with E-state index in [2.05, 4.69) is 39.1 Å². The first-order valence-corrected chi connectivity index (χ1v) is 16.1. The van der Waals surface area contributed by atoms with E-state index < -0.39 is 21.4 Å². The number of hydrogen-bond donors (Lipinski definition) is 4. The number of hydrogen-bond acceptors (Lipinski definition) is 4. The van der Waals surface area contributed by atoms with Crippen LogP contribution in [0.1, 0.15) is 153 Å². The number of thiol groups is 2. The average molecular weight is 567 g/mol. The molecule has 6 heteroatoms. The first kappa shape index (κ1) is 34.9. The third-order valence-corrected chi connectivity index (χ3v) is 9.18. The van der Waals surface area contributed by atoms with Gasteiger partial charge in [-0.15, -0.1) is 0 Å². The fraction of sp³-hybridized carbons (Fsp3) is 0.750. The molecule has 0 heterocycles. The molecule has 0 bridgehead atoms. The molecule has 1 aromatic carbocycles. The van der Waals surface area contributed by atoms with Gasteiger partial charge in [0, 0.05) is 0 Å². The highest BCUT2D eigenvalue weighted by molar-refractivity contribution is 7.82. The Hall–Kier alpha value is -1.14. The van der Waals surface area contributed by atoms with E-state index in [-0.39, 0.29) is 0 Å². The zero-order valence-corrected chi connectivity index (χ0v) is 25.8. The lowest BCUT2D eigenvalue weighted by molar-refractivity contribution is -0.141. The molecule has 0 aliphatic rings. The number of carboxylic acids is 2. The van der Waals surface area contributed by atoms with Gasteiger partial charge in [-0.2, -0.15) is 25.3 Å². The molecule has 2 atom stereocenters. The van der Waals surface area contributed by atoms with Crippen molar-refractivity contribution in [3.05, 3.63) is 35.4 Å². The number of benzene rings is 1. The first-order valence-electron chi connectivity index (χ1n) is 15.2. The second-order valence-electron chi connectivity index (χ2n) is 11.1. The molecule has 0 aliphatic carbocycles. The summed E-state index contributed by atoms with van der Waals surface area (Å²) in [5, 5.41) is 20.0. The molecule has 218 valence electrons. The van der Waals surface area contributed by atoms with Crippen molar-refractivity contribution in [3.8, 4) is 0 Å². The molecule has 38 heavy (non-hydrogen) atoms. The lowest BCUT2D eigenvalue weighted by Gasteiger charge is -2.27. The van der Waals surface area contributed by atoms with Gasteiger partial charge in [0.05, 0.1) is 0 Å². The van der Waals surface area contributed by atoms with E-state index in [0.29, 0.717) is 24.0 Å². The molecule has 4 nitrogen and oxygen atoms in total. The van der Waals surface area contributed by atoms with E-state index in [9.17, 15) is 19.8 Å². The van der Waals surface area contributed by atoms with E-state index in [1.807, 2.05) is 0 Å². The van der Waals surface area contributed by atoms with Gasteiger partial charge in [0.1, 0.15) is 9.49 Å². The molecule has 0 aliphatic heterocycles. The second kappa shape index (κ2) is 19.8. The molecule has 2 unspecified atom stereocenters. The largest absolute Gasteiger partial charge is 0.480 e. The van der Waals surface area contributed by atoms with Crippen molar-refractivity contribution in [2.24, 2.45) is 0 Å². The number of carbonyl (C=O) groups is 2. The van der Waals surface area contributed by atoms with E-state index in [1.165, 1.54) is 77.0 Å². The molecule has 1 aromatic rings. The minimum atomic E-state index is -1.28. The Bertz CT molecular complexity index is 717. The van der Waals surface area contributed by atoms with E-state index in [0.717, 1.165) is 38.5 Å². The fourth-order valence-electron chi connectivity index (χ4n) is 5.15. The zero-order chi connectivity index (χ0) is 28.3. The maximum Gasteiger partial charge on any atom is 0.324 e. The Kier molecular flexibility index (Phi) is 18.2. The van der Waals surface area contributed by atoms with Crippen LogP contribution in [0.15, 0.2) is 24.3 Å². The van der Waals surface area contributed by atoms with Crippen LogP contribution < -0.4 is 0 Å². The van der Waals surface area contributed by atoms with Gasteiger partial charge in [0.2, 0.25) is 0 Å². The Labute approximate surface area is 243 Å². The number of aliphatic carboxylic acids is 2. The van der Waals surface area contributed by atoms with Gasteiger partial charge in [-0.05, 0) is 24.0 Å². The third-order valence-electron chi connectivity index (χ3n) is 7.83. The summed E-state index contributed by atoms with van der Waals surface area (Å²) in [6.45, 7) is 4.44. The quantitative estimate of drug-likeness (QED) is 0.0742. The second-order valence-corrected chi connectivity index (χ2v) is 12.6. The summed E-state index contributed by atoms with van der Waals surface area (Å²) in [5.41, 5.74) is 1.20. The molecule has 2 N–H and O–H groups in total. The molecule has 1 rings (SSSR count). The standard InChI is InChI=1S/C32H54O4S2/c1-3-5-7-9-11-13-15-17-19-25-31(37,29(33)34)27-21-23-28(24-22-27)32(38,30(35)36)26-20-18-16-14-12-10-8-6-4-2/h21-24,37-38H,3-20,25-26H2,1-2H3,(H,33,34)(H,35,36). The highest BCUT2D eigenvalue weighted by Crippen LogP contribution is 2.39. The van der Waals surface area contributed by atoms with Crippen LogP contribution >= 0.6 is 25.3 Å². The van der Waals surface area contributed by atoms with Gasteiger partial charge in [0.15, 0.2) is 0 Å². The molecule has 0 saturated carbocycles. The van der Waals surface area contributed by atoms with Gasteiger partial charge >= 0.3 is 11.9 Å². The van der Waals surface area contributed by atoms with Crippen molar-refractivity contribution >= 4 is 37.2 Å². The summed E-state index contributed by atoms with van der Waals surface area (Å²) in [6, 6.07) is 6.92. The summed E-state index contributed by atoms with van der Waals surface area (Å²) in [6.07, 6.45) is 21.9. The van der Waals surface area contributed by atoms with E-state index >= 15 is 0 Å². The van der Waals surface area contributed by atoms with Crippen molar-refractivity contribution in [1.82, 2.24) is 0 Å². The summed E-state index contributed by atoms with van der Waals surface area (Å²) < 4.78 is -2.56. The Balaban J connectivity index is 2.62. The Morgan fingerprint density at radius 1 is 0.526 bits per heavy atom. The summed E-state index contributed by atoms with van der Waals surface area (Å²) >= 11 is 9.23. The molecule has 0 radical (unpaired) electrons. The smallest absolute Gasteiger partial charge is 0.324 e. The molecule has 0 fully saturated rings. The predicted molar refractivity (Wildman–Crippen MR) is 167 cm³/mol. The van der Waals surface area contributed by atoms with Crippen LogP contribution in [0.5, 0.6) is 0 Å². The first-order chi connectivity index (χ1) is 18.2. The van der Waals surface area contributed by atoms with Crippen LogP contribution in [0.3, 0.4) is 0 Å². The van der Waals surface area contributed by atoms with Crippen LogP contribution in [0.25, 0.3) is 0 Å². The van der Waals surface area contributed by atoms with E-state index in [1.54, 1.807) is 24.3 Å². The SMILES string of the molecule is CCCCCCCCCCCC(S)(C(=O)O)c1ccc(C(S)(CCCCCCCCCCC)C(=O)O)cc1. The van der Waals surface area contributed by atoms with Crippen LogP contribution in [0.4, 0.5) is 0 Å². The topological polar surface area (TPSA) is 74.6 Å². The van der Waals surface area contributed by atoms with E-state index in [4.69, 9.17) is 0 Å². The summed E-state index contributed by atoms with van der Waals surface area (Å²) in [7, 11) is 0. The van der Waals surface area contributed by atoms with Gasteiger partial charge in [-0.25, -0.2) is 0 Å². The lowest BCUT2D eigenvalue weighted by atomic mass is 9.87. The fourth-order valence-corrected chi connectivity index (χ4v) is 5.77. The number of unbranched alkanes of at least 4 members (excludes halogenated alkanes) is 16. The highest BCUT2D eigenvalue weighted by Gasteiger charge is 2.39. The highest BCUT2D eigenvalue weighted by atomic mass is 32.1. The van der Waals surface area contributed by atoms with Gasteiger partial charge in [-0.3, -0.25) is 9.59 Å². The van der Waals surface area contributed by atoms with Crippen LogP contribution in [0.2, 0.25) is 0 Å². The van der Waals surface area contributed by atoms with Gasteiger partial charge < -0.3 is 10.2 Å². The summed E-state index contributed by atoms with van der Waals surface area (Å²) in [4.78, 5) is 24.4. The van der Waals surface area contributed by atoms with Crippen molar-refractivity contribution in [2.75, 3.05) is 0 Å². The van der Waals surface area contributed by atoms with Crippen LogP contribution in [-0.4, -0.2) is 22.2 Å². The molecular formula is C32H54O4S2. The van der Waals surface area contributed by atoms with Crippen molar-refractivity contribution in [2.45, 2.75) is 152 Å². The molecule has 0 spiro atoms. The predicted octanol–water partition coefficient (Wildman–Crippen LogP) is 9.95. The maximum absolute atomic E-state index is 12.2. The maximum atomic E-state index is 12.2. The lowest BCUT2D eigenvalue weighted by Crippen LogP contribution is -2.31. The van der Waals surface area contributed by atoms with Crippen molar-refractivity contribution in [1.29, 1.82) is 0 Å². The minimum absolute atomic E-state index is 0.448. The van der Waals surface area contributed by atoms with Gasteiger partial charge in [-0.1, -0.05) is 154 Å². The monoisotopic (exact) mass is 566 g/mol. The molecular weight excluding hydrogens is 512 g/mol. The average Bonchev–Trinajstić information content (AvgIpc) is 2.90. The zero-order valence-electron chi connectivity index (χ0n) is 24.1. The van der Waals surface area contributed by atoms with Crippen LogP contribution in [0, 0.1) is 0 Å². The van der Waals surface area contributed by atoms with Crippen molar-refractivity contribution < 1.29 is 19.8 Å². The molecule has 0 amide bonds. The number of rotatable bonds is 24.